The summed E-state index contributed by atoms with van der Waals surface area (Å²) in [6.07, 6.45) is -0.167. The predicted molar refractivity (Wildman–Crippen MR) is 45.4 cm³/mol. The van der Waals surface area contributed by atoms with E-state index in [4.69, 9.17) is 5.11 Å². The average Bonchev–Trinajstić information content (AvgIpc) is 1.33. The first-order valence-electron chi connectivity index (χ1n) is 1.70. The molecule has 0 unspecified atom stereocenters. The molecule has 8 heavy (non-hydrogen) atoms. The summed E-state index contributed by atoms with van der Waals surface area (Å²) >= 11 is 5.30. The summed E-state index contributed by atoms with van der Waals surface area (Å²) in [6.45, 7) is 3.44. The number of hydrogen-bond acceptors (Lipinski definition) is 1. The standard InChI is InChI=1S/C3H8O.I3.Ti/c1-3(2)4;1-3-2;/h3-4H,1-2H3;;/q;-1;. The van der Waals surface area contributed by atoms with Gasteiger partial charge in [-0.3, -0.25) is 0 Å². The van der Waals surface area contributed by atoms with Crippen LogP contribution in [0.5, 0.6) is 0 Å². The summed E-state index contributed by atoms with van der Waals surface area (Å²) in [5.74, 6) is 0. The largest absolute Gasteiger partial charge is 0 e. The molecule has 0 aromatic heterocycles. The quantitative estimate of drug-likeness (QED) is 0.348. The molecule has 0 saturated heterocycles. The van der Waals surface area contributed by atoms with E-state index in [2.05, 4.69) is 37.2 Å². The van der Waals surface area contributed by atoms with E-state index in [1.807, 2.05) is 0 Å². The molecule has 1 nitrogen and oxygen atoms in total. The minimum absolute atomic E-state index is 0. The Bertz CT molecular complexity index is 25.7. The molecule has 5 heteroatoms. The van der Waals surface area contributed by atoms with Crippen LogP contribution in [0.15, 0.2) is 0 Å². The Balaban J connectivity index is -0.0000000575. The van der Waals surface area contributed by atoms with Crippen LogP contribution < -0.4 is 13.3 Å². The molecule has 0 aromatic carbocycles. The number of aliphatic hydroxyl groups is 1. The third-order valence-electron chi connectivity index (χ3n) is 0. The second kappa shape index (κ2) is 16.4. The van der Waals surface area contributed by atoms with Crippen molar-refractivity contribution in [3.8, 4) is 0 Å². The molecule has 0 rings (SSSR count). The van der Waals surface area contributed by atoms with Crippen molar-refractivity contribution < 1.29 is 40.1 Å². The fourth-order valence-electron chi connectivity index (χ4n) is 0. The van der Waals surface area contributed by atoms with Gasteiger partial charge < -0.3 is 5.11 Å². The average molecular weight is 489 g/mol. The third kappa shape index (κ3) is 66.8. The first-order chi connectivity index (χ1) is 3.15. The van der Waals surface area contributed by atoms with Crippen molar-refractivity contribution in [3.63, 3.8) is 0 Å². The molecule has 0 aliphatic heterocycles. The van der Waals surface area contributed by atoms with Crippen molar-refractivity contribution in [1.82, 2.24) is 0 Å². The Morgan fingerprint density at radius 3 is 1.38 bits per heavy atom. The summed E-state index contributed by atoms with van der Waals surface area (Å²) < 4.78 is 0. The maximum atomic E-state index is 8.06. The fourth-order valence-corrected chi connectivity index (χ4v) is 0. The first kappa shape index (κ1) is 17.1. The Morgan fingerprint density at radius 1 is 1.38 bits per heavy atom. The Labute approximate surface area is 95.3 Å². The van der Waals surface area contributed by atoms with Crippen LogP contribution in [-0.2, 0) is 21.7 Å². The zero-order valence-corrected chi connectivity index (χ0v) is 12.7. The van der Waals surface area contributed by atoms with Gasteiger partial charge in [-0.2, -0.15) is 0 Å². The fraction of sp³-hybridized carbons (Fsp3) is 1.00. The van der Waals surface area contributed by atoms with Crippen molar-refractivity contribution in [2.75, 3.05) is 0 Å². The molecule has 0 bridgehead atoms. The van der Waals surface area contributed by atoms with Crippen LogP contribution in [0.25, 0.3) is 0 Å². The van der Waals surface area contributed by atoms with Crippen molar-refractivity contribution in [3.05, 3.63) is 0 Å². The Morgan fingerprint density at radius 2 is 1.38 bits per heavy atom. The summed E-state index contributed by atoms with van der Waals surface area (Å²) in [6, 6.07) is 0. The van der Waals surface area contributed by atoms with E-state index in [1.54, 1.807) is 13.8 Å². The molecule has 0 aliphatic carbocycles. The van der Waals surface area contributed by atoms with E-state index in [9.17, 15) is 0 Å². The van der Waals surface area contributed by atoms with E-state index < -0.39 is 0 Å². The molecule has 0 radical (unpaired) electrons. The van der Waals surface area contributed by atoms with E-state index in [-0.39, 0.29) is 27.8 Å². The van der Waals surface area contributed by atoms with Crippen LogP contribution in [0, 0.1) is 0 Å². The summed E-state index contributed by atoms with van der Waals surface area (Å²) in [5, 5.41) is 8.06. The summed E-state index contributed by atoms with van der Waals surface area (Å²) in [7, 11) is 0. The van der Waals surface area contributed by atoms with E-state index in [0.29, 0.717) is 13.3 Å². The van der Waals surface area contributed by atoms with Gasteiger partial charge in [0.2, 0.25) is 0 Å². The smallest absolute Gasteiger partial charge is 0 e. The van der Waals surface area contributed by atoms with Crippen LogP contribution in [0.4, 0.5) is 0 Å². The molecule has 0 aromatic rings. The van der Waals surface area contributed by atoms with Crippen LogP contribution in [-0.4, -0.2) is 11.2 Å². The van der Waals surface area contributed by atoms with Gasteiger partial charge in [-0.15, -0.1) is 0 Å². The van der Waals surface area contributed by atoms with Gasteiger partial charge in [0.1, 0.15) is 0 Å². The SMILES string of the molecule is CC(C)O.I[I-]I.[Ti]. The van der Waals surface area contributed by atoms with Crippen molar-refractivity contribution in [2.45, 2.75) is 20.0 Å². The predicted octanol–water partition coefficient (Wildman–Crippen LogP) is -0.840. The molecule has 0 fully saturated rings. The molecule has 0 spiro atoms. The van der Waals surface area contributed by atoms with E-state index >= 15 is 0 Å². The second-order valence-electron chi connectivity index (χ2n) is 1.15. The number of rotatable bonds is 0. The van der Waals surface area contributed by atoms with Gasteiger partial charge in [0.25, 0.3) is 0 Å². The minimum atomic E-state index is -0.167. The van der Waals surface area contributed by atoms with Gasteiger partial charge in [0.15, 0.2) is 0 Å². The monoisotopic (exact) mass is 489 g/mol. The van der Waals surface area contributed by atoms with Gasteiger partial charge in [0.05, 0.1) is 0 Å². The Kier molecular flexibility index (Phi) is 35.1. The molecular formula is C3H8I3OTi-. The van der Waals surface area contributed by atoms with E-state index in [0.717, 1.165) is 0 Å². The Hall–Kier alpha value is 2.86. The molecule has 1 N–H and O–H groups in total. The van der Waals surface area contributed by atoms with Gasteiger partial charge in [-0.05, 0) is 13.8 Å². The second-order valence-corrected chi connectivity index (χ2v) is 17.4. The molecule has 0 aliphatic rings. The minimum Gasteiger partial charge on any atom is 0 e. The first-order valence-corrected chi connectivity index (χ1v) is 14.3. The van der Waals surface area contributed by atoms with Crippen LogP contribution in [0.2, 0.25) is 0 Å². The van der Waals surface area contributed by atoms with Crippen molar-refractivity contribution in [1.29, 1.82) is 0 Å². The zero-order chi connectivity index (χ0) is 6.28. The topological polar surface area (TPSA) is 20.2 Å². The van der Waals surface area contributed by atoms with Gasteiger partial charge in [-0.1, -0.05) is 0 Å². The third-order valence-corrected chi connectivity index (χ3v) is 0. The number of aliphatic hydroxyl groups excluding tert-OH is 1. The maximum Gasteiger partial charge on any atom is 0 e. The molecular weight excluding hydrogens is 481 g/mol. The van der Waals surface area contributed by atoms with Crippen molar-refractivity contribution >= 4 is 37.2 Å². The van der Waals surface area contributed by atoms with Crippen molar-refractivity contribution in [2.24, 2.45) is 0 Å². The van der Waals surface area contributed by atoms with Gasteiger partial charge in [0, 0.05) is 27.8 Å². The van der Waals surface area contributed by atoms with Crippen LogP contribution in [0.1, 0.15) is 13.8 Å². The normalized spacial score (nSPS) is 7.25. The van der Waals surface area contributed by atoms with E-state index in [1.165, 1.54) is 0 Å². The molecule has 0 heterocycles. The molecule has 0 atom stereocenters. The number of halogens is 3. The summed E-state index contributed by atoms with van der Waals surface area (Å²) in [4.78, 5) is 0. The zero-order valence-electron chi connectivity index (χ0n) is 4.66. The maximum absolute atomic E-state index is 8.06. The molecule has 0 amide bonds. The van der Waals surface area contributed by atoms with Crippen LogP contribution >= 0.6 is 37.2 Å². The van der Waals surface area contributed by atoms with Gasteiger partial charge in [-0.25, -0.2) is 0 Å². The number of hydrogen-bond donors (Lipinski definition) is 1. The molecule has 52 valence electrons. The van der Waals surface area contributed by atoms with Crippen LogP contribution in [0.3, 0.4) is 0 Å². The summed E-state index contributed by atoms with van der Waals surface area (Å²) in [5.41, 5.74) is 0. The molecule has 0 saturated carbocycles. The van der Waals surface area contributed by atoms with Gasteiger partial charge >= 0.3 is 50.5 Å².